The van der Waals surface area contributed by atoms with E-state index in [0.717, 1.165) is 18.8 Å². The number of nitrogens with one attached hydrogen (secondary N) is 2. The lowest BCUT2D eigenvalue weighted by Gasteiger charge is -2.21. The van der Waals surface area contributed by atoms with Crippen LogP contribution in [0.5, 0.6) is 0 Å². The standard InChI is InChI=1S/C20H25N3O4S/c1-3-23(4-2)17-12-10-16(11-13-17)20(25)22-21-19(24)14-15-28(26,27)18-8-6-5-7-9-18/h5-13H,3-4,14-15H2,1-2H3,(H,21,24)(H,22,25). The van der Waals surface area contributed by atoms with Gasteiger partial charge in [-0.05, 0) is 50.2 Å². The van der Waals surface area contributed by atoms with Gasteiger partial charge in [0.05, 0.1) is 10.6 Å². The summed E-state index contributed by atoms with van der Waals surface area (Å²) >= 11 is 0. The van der Waals surface area contributed by atoms with Gasteiger partial charge in [0.15, 0.2) is 9.84 Å². The molecule has 0 aliphatic carbocycles. The predicted molar refractivity (Wildman–Crippen MR) is 109 cm³/mol. The van der Waals surface area contributed by atoms with Crippen LogP contribution in [0.1, 0.15) is 30.6 Å². The molecule has 0 saturated heterocycles. The minimum atomic E-state index is -3.54. The fourth-order valence-corrected chi connectivity index (χ4v) is 3.91. The van der Waals surface area contributed by atoms with Gasteiger partial charge >= 0.3 is 0 Å². The topological polar surface area (TPSA) is 95.6 Å². The molecule has 2 amide bonds. The monoisotopic (exact) mass is 403 g/mol. The van der Waals surface area contributed by atoms with E-state index in [1.807, 2.05) is 12.1 Å². The van der Waals surface area contributed by atoms with E-state index in [9.17, 15) is 18.0 Å². The number of benzene rings is 2. The van der Waals surface area contributed by atoms with Gasteiger partial charge in [-0.15, -0.1) is 0 Å². The summed E-state index contributed by atoms with van der Waals surface area (Å²) in [5, 5.41) is 0. The molecule has 0 aliphatic rings. The molecule has 0 heterocycles. The Labute approximate surface area is 165 Å². The number of carbonyl (C=O) groups excluding carboxylic acids is 2. The van der Waals surface area contributed by atoms with Gasteiger partial charge < -0.3 is 4.90 Å². The van der Waals surface area contributed by atoms with Gasteiger partial charge in [-0.1, -0.05) is 18.2 Å². The van der Waals surface area contributed by atoms with E-state index in [1.165, 1.54) is 12.1 Å². The zero-order chi connectivity index (χ0) is 20.6. The molecule has 2 rings (SSSR count). The van der Waals surface area contributed by atoms with E-state index < -0.39 is 21.7 Å². The lowest BCUT2D eigenvalue weighted by Crippen LogP contribution is -2.42. The maximum Gasteiger partial charge on any atom is 0.269 e. The summed E-state index contributed by atoms with van der Waals surface area (Å²) in [6.45, 7) is 5.84. The van der Waals surface area contributed by atoms with Crippen LogP contribution in [0.2, 0.25) is 0 Å². The molecule has 0 spiro atoms. The van der Waals surface area contributed by atoms with Gasteiger partial charge in [0.1, 0.15) is 0 Å². The van der Waals surface area contributed by atoms with Crippen molar-refractivity contribution in [1.29, 1.82) is 0 Å². The van der Waals surface area contributed by atoms with E-state index in [0.29, 0.717) is 5.56 Å². The highest BCUT2D eigenvalue weighted by Gasteiger charge is 2.16. The summed E-state index contributed by atoms with van der Waals surface area (Å²) in [6, 6.07) is 15.0. The van der Waals surface area contributed by atoms with Crippen molar-refractivity contribution in [3.8, 4) is 0 Å². The van der Waals surface area contributed by atoms with Gasteiger partial charge in [-0.25, -0.2) is 8.42 Å². The Morgan fingerprint density at radius 3 is 2.07 bits per heavy atom. The van der Waals surface area contributed by atoms with E-state index in [-0.39, 0.29) is 17.1 Å². The van der Waals surface area contributed by atoms with Crippen LogP contribution in [0.25, 0.3) is 0 Å². The molecule has 0 atom stereocenters. The smallest absolute Gasteiger partial charge is 0.269 e. The van der Waals surface area contributed by atoms with Crippen molar-refractivity contribution in [3.63, 3.8) is 0 Å². The van der Waals surface area contributed by atoms with Crippen LogP contribution in [0, 0.1) is 0 Å². The molecule has 2 aromatic carbocycles. The molecule has 150 valence electrons. The molecule has 2 aromatic rings. The third-order valence-electron chi connectivity index (χ3n) is 4.27. The number of hydrogen-bond donors (Lipinski definition) is 2. The highest BCUT2D eigenvalue weighted by Crippen LogP contribution is 2.15. The highest BCUT2D eigenvalue weighted by molar-refractivity contribution is 7.91. The molecular formula is C20H25N3O4S. The Morgan fingerprint density at radius 2 is 1.50 bits per heavy atom. The zero-order valence-corrected chi connectivity index (χ0v) is 16.8. The number of nitrogens with zero attached hydrogens (tertiary/aromatic N) is 1. The predicted octanol–water partition coefficient (Wildman–Crippen LogP) is 2.16. The van der Waals surface area contributed by atoms with Crippen molar-refractivity contribution in [3.05, 3.63) is 60.2 Å². The Kier molecular flexibility index (Phi) is 7.57. The van der Waals surface area contributed by atoms with Crippen LogP contribution in [0.4, 0.5) is 5.69 Å². The summed E-state index contributed by atoms with van der Waals surface area (Å²) in [6.07, 6.45) is -0.252. The second kappa shape index (κ2) is 9.89. The first-order chi connectivity index (χ1) is 13.4. The number of amides is 2. The third kappa shape index (κ3) is 5.82. The second-order valence-corrected chi connectivity index (χ2v) is 8.21. The minimum Gasteiger partial charge on any atom is -0.372 e. The summed E-state index contributed by atoms with van der Waals surface area (Å²) < 4.78 is 24.3. The largest absolute Gasteiger partial charge is 0.372 e. The lowest BCUT2D eigenvalue weighted by molar-refractivity contribution is -0.121. The molecule has 0 fully saturated rings. The van der Waals surface area contributed by atoms with E-state index in [4.69, 9.17) is 0 Å². The number of hydrazine groups is 1. The maximum atomic E-state index is 12.2. The normalized spacial score (nSPS) is 10.9. The maximum absolute atomic E-state index is 12.2. The van der Waals surface area contributed by atoms with Gasteiger partial charge in [0, 0.05) is 30.8 Å². The molecule has 0 aliphatic heterocycles. The van der Waals surface area contributed by atoms with Crippen LogP contribution >= 0.6 is 0 Å². The van der Waals surface area contributed by atoms with Crippen molar-refractivity contribution >= 4 is 27.3 Å². The van der Waals surface area contributed by atoms with E-state index >= 15 is 0 Å². The second-order valence-electron chi connectivity index (χ2n) is 6.10. The van der Waals surface area contributed by atoms with Gasteiger partial charge in [0.25, 0.3) is 5.91 Å². The molecule has 28 heavy (non-hydrogen) atoms. The summed E-state index contributed by atoms with van der Waals surface area (Å²) in [7, 11) is -3.54. The van der Waals surface area contributed by atoms with E-state index in [2.05, 4.69) is 29.6 Å². The zero-order valence-electron chi connectivity index (χ0n) is 16.0. The average Bonchev–Trinajstić information content (AvgIpc) is 2.72. The third-order valence-corrected chi connectivity index (χ3v) is 6.01. The van der Waals surface area contributed by atoms with Crippen molar-refractivity contribution in [2.75, 3.05) is 23.7 Å². The van der Waals surface area contributed by atoms with Gasteiger partial charge in [0.2, 0.25) is 5.91 Å². The SMILES string of the molecule is CCN(CC)c1ccc(C(=O)NNC(=O)CCS(=O)(=O)c2ccccc2)cc1. The Balaban J connectivity index is 1.84. The molecule has 0 saturated carbocycles. The molecule has 2 N–H and O–H groups in total. The Hall–Kier alpha value is -2.87. The Morgan fingerprint density at radius 1 is 0.893 bits per heavy atom. The fraction of sp³-hybridized carbons (Fsp3) is 0.300. The molecular weight excluding hydrogens is 378 g/mol. The van der Waals surface area contributed by atoms with Crippen LogP contribution in [0.15, 0.2) is 59.5 Å². The van der Waals surface area contributed by atoms with Crippen molar-refractivity contribution in [1.82, 2.24) is 10.9 Å². The van der Waals surface area contributed by atoms with Crippen molar-refractivity contribution < 1.29 is 18.0 Å². The molecule has 0 aromatic heterocycles. The molecule has 0 bridgehead atoms. The van der Waals surface area contributed by atoms with Crippen LogP contribution in [-0.2, 0) is 14.6 Å². The minimum absolute atomic E-state index is 0.167. The van der Waals surface area contributed by atoms with E-state index in [1.54, 1.807) is 30.3 Å². The fourth-order valence-electron chi connectivity index (χ4n) is 2.65. The Bertz CT molecular complexity index is 893. The van der Waals surface area contributed by atoms with Crippen molar-refractivity contribution in [2.45, 2.75) is 25.2 Å². The van der Waals surface area contributed by atoms with Gasteiger partial charge in [-0.2, -0.15) is 0 Å². The number of hydrogen-bond acceptors (Lipinski definition) is 5. The summed E-state index contributed by atoms with van der Waals surface area (Å²) in [4.78, 5) is 26.3. The number of rotatable bonds is 8. The molecule has 7 nitrogen and oxygen atoms in total. The number of carbonyl (C=O) groups is 2. The summed E-state index contributed by atoms with van der Waals surface area (Å²) in [5.41, 5.74) is 5.96. The number of sulfone groups is 1. The molecule has 0 radical (unpaired) electrons. The highest BCUT2D eigenvalue weighted by atomic mass is 32.2. The molecule has 0 unspecified atom stereocenters. The first kappa shape index (κ1) is 21.4. The first-order valence-electron chi connectivity index (χ1n) is 9.09. The van der Waals surface area contributed by atoms with Crippen LogP contribution in [-0.4, -0.2) is 39.1 Å². The van der Waals surface area contributed by atoms with Crippen molar-refractivity contribution in [2.24, 2.45) is 0 Å². The average molecular weight is 404 g/mol. The first-order valence-corrected chi connectivity index (χ1v) is 10.7. The molecule has 8 heteroatoms. The quantitative estimate of drug-likeness (QED) is 0.659. The van der Waals surface area contributed by atoms with Crippen LogP contribution < -0.4 is 15.8 Å². The summed E-state index contributed by atoms with van der Waals surface area (Å²) in [5.74, 6) is -1.38. The van der Waals surface area contributed by atoms with Crippen LogP contribution in [0.3, 0.4) is 0 Å². The van der Waals surface area contributed by atoms with Gasteiger partial charge in [-0.3, -0.25) is 20.4 Å². The number of anilines is 1. The lowest BCUT2D eigenvalue weighted by atomic mass is 10.2.